The zero-order valence-corrected chi connectivity index (χ0v) is 13.1. The summed E-state index contributed by atoms with van der Waals surface area (Å²) in [4.78, 5) is 23.0. The van der Waals surface area contributed by atoms with E-state index in [9.17, 15) is 4.79 Å². The highest BCUT2D eigenvalue weighted by molar-refractivity contribution is 7.14. The molecule has 114 valence electrons. The maximum atomic E-state index is 12.3. The van der Waals surface area contributed by atoms with Crippen molar-refractivity contribution in [3.05, 3.63) is 65.3 Å². The molecule has 0 radical (unpaired) electrons. The van der Waals surface area contributed by atoms with Gasteiger partial charge in [0.25, 0.3) is 0 Å². The standard InChI is InChI=1S/C17H14N4OS/c22-16-19-13-7-4-3-6-12(13)10-21(16)17-20-15(11-23-17)14-8-2-1-5-9-18-14/h2-9,11H,1,10H2,(H,19,22). The van der Waals surface area contributed by atoms with Crippen LogP contribution in [0.1, 0.15) is 17.7 Å². The Hall–Kier alpha value is -2.73. The normalized spacial score (nSPS) is 16.6. The summed E-state index contributed by atoms with van der Waals surface area (Å²) in [7, 11) is 0. The average Bonchev–Trinajstić information content (AvgIpc) is 2.89. The van der Waals surface area contributed by atoms with Gasteiger partial charge in [-0.3, -0.25) is 9.89 Å². The van der Waals surface area contributed by atoms with Gasteiger partial charge in [0.1, 0.15) is 5.69 Å². The van der Waals surface area contributed by atoms with Crippen LogP contribution >= 0.6 is 11.3 Å². The van der Waals surface area contributed by atoms with Gasteiger partial charge in [0.05, 0.1) is 12.3 Å². The lowest BCUT2D eigenvalue weighted by molar-refractivity contribution is 0.256. The van der Waals surface area contributed by atoms with Crippen molar-refractivity contribution in [2.75, 3.05) is 10.2 Å². The molecule has 0 saturated heterocycles. The molecule has 0 unspecified atom stereocenters. The molecule has 23 heavy (non-hydrogen) atoms. The summed E-state index contributed by atoms with van der Waals surface area (Å²) in [6, 6.07) is 7.66. The second kappa shape index (κ2) is 5.81. The van der Waals surface area contributed by atoms with Crippen molar-refractivity contribution in [2.24, 2.45) is 4.99 Å². The number of carbonyl (C=O) groups is 1. The number of fused-ring (bicyclic) bond motifs is 1. The number of thiazole rings is 1. The average molecular weight is 322 g/mol. The Morgan fingerprint density at radius 3 is 3.09 bits per heavy atom. The maximum absolute atomic E-state index is 12.3. The number of anilines is 2. The summed E-state index contributed by atoms with van der Waals surface area (Å²) in [5.41, 5.74) is 3.56. The molecule has 2 amide bonds. The highest BCUT2D eigenvalue weighted by atomic mass is 32.1. The van der Waals surface area contributed by atoms with Gasteiger partial charge in [-0.2, -0.15) is 0 Å². The number of para-hydroxylation sites is 1. The van der Waals surface area contributed by atoms with Crippen molar-refractivity contribution >= 4 is 33.9 Å². The van der Waals surface area contributed by atoms with E-state index in [1.165, 1.54) is 11.3 Å². The van der Waals surface area contributed by atoms with Gasteiger partial charge >= 0.3 is 6.03 Å². The minimum Gasteiger partial charge on any atom is -0.307 e. The molecule has 1 N–H and O–H groups in total. The topological polar surface area (TPSA) is 57.6 Å². The van der Waals surface area contributed by atoms with Crippen LogP contribution in [0.15, 0.2) is 59.1 Å². The number of nitrogens with one attached hydrogen (secondary N) is 1. The van der Waals surface area contributed by atoms with Crippen LogP contribution in [0.25, 0.3) is 0 Å². The van der Waals surface area contributed by atoms with Gasteiger partial charge in [-0.15, -0.1) is 11.3 Å². The number of nitrogens with zero attached hydrogens (tertiary/aromatic N) is 3. The molecule has 3 heterocycles. The van der Waals surface area contributed by atoms with E-state index in [1.54, 1.807) is 11.1 Å². The summed E-state index contributed by atoms with van der Waals surface area (Å²) in [6.07, 6.45) is 8.66. The summed E-state index contributed by atoms with van der Waals surface area (Å²) in [5, 5.41) is 5.52. The van der Waals surface area contributed by atoms with Crippen molar-refractivity contribution in [3.63, 3.8) is 0 Å². The van der Waals surface area contributed by atoms with Crippen LogP contribution in [0.2, 0.25) is 0 Å². The Morgan fingerprint density at radius 2 is 2.13 bits per heavy atom. The Morgan fingerprint density at radius 1 is 1.22 bits per heavy atom. The molecule has 0 atom stereocenters. The van der Waals surface area contributed by atoms with Gasteiger partial charge < -0.3 is 5.32 Å². The molecular weight excluding hydrogens is 308 g/mol. The molecule has 0 aliphatic carbocycles. The lowest BCUT2D eigenvalue weighted by Gasteiger charge is -2.27. The van der Waals surface area contributed by atoms with Crippen LogP contribution in [-0.4, -0.2) is 16.7 Å². The van der Waals surface area contributed by atoms with Crippen LogP contribution in [0.4, 0.5) is 15.6 Å². The smallest absolute Gasteiger partial charge is 0.307 e. The molecule has 2 aliphatic heterocycles. The maximum Gasteiger partial charge on any atom is 0.328 e. The molecular formula is C17H14N4OS. The Kier molecular flexibility index (Phi) is 3.51. The summed E-state index contributed by atoms with van der Waals surface area (Å²) in [5.74, 6) is 0. The van der Waals surface area contributed by atoms with Crippen LogP contribution in [0.3, 0.4) is 0 Å². The zero-order valence-electron chi connectivity index (χ0n) is 12.3. The highest BCUT2D eigenvalue weighted by Gasteiger charge is 2.26. The number of aliphatic imine (C=N–C) groups is 1. The number of carbonyl (C=O) groups excluding carboxylic acids is 1. The van der Waals surface area contributed by atoms with Crippen LogP contribution < -0.4 is 10.2 Å². The highest BCUT2D eigenvalue weighted by Crippen LogP contribution is 2.29. The molecule has 1 aromatic carbocycles. The van der Waals surface area contributed by atoms with Crippen LogP contribution in [-0.2, 0) is 6.54 Å². The molecule has 2 aromatic rings. The largest absolute Gasteiger partial charge is 0.328 e. The third kappa shape index (κ3) is 2.68. The van der Waals surface area contributed by atoms with Gasteiger partial charge in [-0.05, 0) is 24.1 Å². The molecule has 1 aromatic heterocycles. The molecule has 0 spiro atoms. The van der Waals surface area contributed by atoms with Crippen molar-refractivity contribution in [2.45, 2.75) is 13.0 Å². The van der Waals surface area contributed by atoms with E-state index >= 15 is 0 Å². The first-order chi connectivity index (χ1) is 11.3. The van der Waals surface area contributed by atoms with Crippen LogP contribution in [0, 0.1) is 0 Å². The zero-order chi connectivity index (χ0) is 15.6. The Balaban J connectivity index is 1.63. The molecule has 0 bridgehead atoms. The molecule has 4 rings (SSSR count). The summed E-state index contributed by atoms with van der Waals surface area (Å²) in [6.45, 7) is 0.525. The first-order valence-electron chi connectivity index (χ1n) is 7.33. The number of hydrogen-bond acceptors (Lipinski definition) is 4. The molecule has 5 nitrogen and oxygen atoms in total. The van der Waals surface area contributed by atoms with Gasteiger partial charge in [0.2, 0.25) is 0 Å². The van der Waals surface area contributed by atoms with Crippen molar-refractivity contribution in [3.8, 4) is 0 Å². The van der Waals surface area contributed by atoms with Gasteiger partial charge in [0.15, 0.2) is 5.13 Å². The SMILES string of the molecule is O=C1Nc2ccccc2CN1c1nc(C2=NC=CCC=C2)cs1. The van der Waals surface area contributed by atoms with Crippen LogP contribution in [0.5, 0.6) is 0 Å². The number of amides is 2. The predicted octanol–water partition coefficient (Wildman–Crippen LogP) is 3.96. The molecule has 0 fully saturated rings. The second-order valence-electron chi connectivity index (χ2n) is 5.23. The summed E-state index contributed by atoms with van der Waals surface area (Å²) >= 11 is 1.45. The molecule has 2 aliphatic rings. The van der Waals surface area contributed by atoms with Gasteiger partial charge in [-0.25, -0.2) is 9.78 Å². The minimum atomic E-state index is -0.150. The lowest BCUT2D eigenvalue weighted by atomic mass is 10.1. The van der Waals surface area contributed by atoms with E-state index in [-0.39, 0.29) is 6.03 Å². The first kappa shape index (κ1) is 13.9. The minimum absolute atomic E-state index is 0.150. The third-order valence-electron chi connectivity index (χ3n) is 3.68. The number of rotatable bonds is 2. The fourth-order valence-corrected chi connectivity index (χ4v) is 3.33. The number of allylic oxidation sites excluding steroid dienone is 3. The van der Waals surface area contributed by atoms with E-state index in [2.05, 4.69) is 15.3 Å². The third-order valence-corrected chi connectivity index (χ3v) is 4.55. The lowest BCUT2D eigenvalue weighted by Crippen LogP contribution is -2.38. The number of benzene rings is 1. The van der Waals surface area contributed by atoms with E-state index < -0.39 is 0 Å². The predicted molar refractivity (Wildman–Crippen MR) is 93.2 cm³/mol. The quantitative estimate of drug-likeness (QED) is 0.910. The number of hydrogen-bond donors (Lipinski definition) is 1. The van der Waals surface area contributed by atoms with Crippen molar-refractivity contribution in [1.82, 2.24) is 4.98 Å². The van der Waals surface area contributed by atoms with Crippen molar-refractivity contribution < 1.29 is 4.79 Å². The monoisotopic (exact) mass is 322 g/mol. The summed E-state index contributed by atoms with van der Waals surface area (Å²) < 4.78 is 0. The molecule has 6 heteroatoms. The van der Waals surface area contributed by atoms with Gasteiger partial charge in [0, 0.05) is 17.3 Å². The van der Waals surface area contributed by atoms with E-state index in [0.717, 1.165) is 29.1 Å². The molecule has 0 saturated carbocycles. The van der Waals surface area contributed by atoms with E-state index in [0.29, 0.717) is 11.7 Å². The number of aromatic nitrogens is 1. The first-order valence-corrected chi connectivity index (χ1v) is 8.21. The number of urea groups is 1. The Bertz CT molecular complexity index is 850. The fraction of sp³-hybridized carbons (Fsp3) is 0.118. The second-order valence-corrected chi connectivity index (χ2v) is 6.06. The van der Waals surface area contributed by atoms with E-state index in [1.807, 2.05) is 47.9 Å². The fourth-order valence-electron chi connectivity index (χ4n) is 2.51. The van der Waals surface area contributed by atoms with Crippen molar-refractivity contribution in [1.29, 1.82) is 0 Å². The van der Waals surface area contributed by atoms with Gasteiger partial charge in [-0.1, -0.05) is 30.4 Å². The van der Waals surface area contributed by atoms with E-state index in [4.69, 9.17) is 0 Å². The Labute approximate surface area is 137 Å².